The van der Waals surface area contributed by atoms with Crippen molar-refractivity contribution in [3.8, 4) is 0 Å². The number of hydrogen-bond donors (Lipinski definition) is 1. The first-order chi connectivity index (χ1) is 8.77. The fourth-order valence-electron chi connectivity index (χ4n) is 1.49. The summed E-state index contributed by atoms with van der Waals surface area (Å²) in [5.41, 5.74) is 0.148. The van der Waals surface area contributed by atoms with Crippen molar-refractivity contribution in [1.82, 2.24) is 4.57 Å². The molecule has 0 aliphatic heterocycles. The van der Waals surface area contributed by atoms with Gasteiger partial charge < -0.3 is 14.0 Å². The Hall–Kier alpha value is -1.38. The van der Waals surface area contributed by atoms with E-state index in [1.165, 1.54) is 23.9 Å². The van der Waals surface area contributed by atoms with Gasteiger partial charge in [-0.25, -0.2) is 18.4 Å². The third kappa shape index (κ3) is 4.05. The highest BCUT2D eigenvalue weighted by Crippen LogP contribution is 2.18. The van der Waals surface area contributed by atoms with Crippen molar-refractivity contribution in [3.05, 3.63) is 18.0 Å². The molecule has 0 aliphatic rings. The first-order valence-corrected chi connectivity index (χ1v) is 7.22. The Labute approximate surface area is 112 Å². The lowest BCUT2D eigenvalue weighted by Crippen LogP contribution is -2.15. The Balaban J connectivity index is 3.05. The number of primary sulfonamides is 1. The summed E-state index contributed by atoms with van der Waals surface area (Å²) in [7, 11) is -2.36. The number of nitrogens with two attached hydrogens (primary N) is 1. The van der Waals surface area contributed by atoms with E-state index in [1.54, 1.807) is 0 Å². The van der Waals surface area contributed by atoms with Gasteiger partial charge in [0.2, 0.25) is 10.0 Å². The molecule has 1 aromatic heterocycles. The summed E-state index contributed by atoms with van der Waals surface area (Å²) in [5, 5.41) is 5.05. The molecule has 7 nitrogen and oxygen atoms in total. The van der Waals surface area contributed by atoms with Crippen LogP contribution in [0.3, 0.4) is 0 Å². The summed E-state index contributed by atoms with van der Waals surface area (Å²) in [6.07, 6.45) is 1.33. The number of hydrogen-bond acceptors (Lipinski definition) is 5. The summed E-state index contributed by atoms with van der Waals surface area (Å²) in [5.74, 6) is -0.611. The van der Waals surface area contributed by atoms with Gasteiger partial charge in [0.25, 0.3) is 0 Å². The third-order valence-corrected chi connectivity index (χ3v) is 3.32. The number of carbonyl (C=O) groups is 1. The average molecular weight is 290 g/mol. The van der Waals surface area contributed by atoms with E-state index in [0.717, 1.165) is 0 Å². The topological polar surface area (TPSA) is 101 Å². The number of ether oxygens (including phenoxy) is 2. The molecule has 0 spiro atoms. The van der Waals surface area contributed by atoms with Crippen molar-refractivity contribution >= 4 is 16.0 Å². The van der Waals surface area contributed by atoms with E-state index in [-0.39, 0.29) is 29.8 Å². The van der Waals surface area contributed by atoms with Gasteiger partial charge in [0.1, 0.15) is 17.2 Å². The molecule has 1 aromatic rings. The maximum atomic E-state index is 11.9. The maximum Gasteiger partial charge on any atom is 0.355 e. The minimum Gasteiger partial charge on any atom is -0.459 e. The predicted octanol–water partition coefficient (Wildman–Crippen LogP) is 0.520. The van der Waals surface area contributed by atoms with Crippen LogP contribution >= 0.6 is 0 Å². The molecule has 0 fully saturated rings. The van der Waals surface area contributed by atoms with Crippen molar-refractivity contribution in [1.29, 1.82) is 0 Å². The molecular formula is C11H18N2O5S. The molecule has 2 N–H and O–H groups in total. The van der Waals surface area contributed by atoms with Gasteiger partial charge in [-0.1, -0.05) is 0 Å². The number of rotatable bonds is 6. The van der Waals surface area contributed by atoms with E-state index in [2.05, 4.69) is 0 Å². The number of aromatic nitrogens is 1. The van der Waals surface area contributed by atoms with Crippen LogP contribution in [0, 0.1) is 0 Å². The summed E-state index contributed by atoms with van der Waals surface area (Å²) >= 11 is 0. The van der Waals surface area contributed by atoms with E-state index in [4.69, 9.17) is 14.6 Å². The van der Waals surface area contributed by atoms with Gasteiger partial charge in [0.05, 0.1) is 6.61 Å². The Kier molecular flexibility index (Phi) is 5.10. The van der Waals surface area contributed by atoms with Crippen LogP contribution in [-0.4, -0.2) is 39.3 Å². The van der Waals surface area contributed by atoms with Crippen LogP contribution in [0.2, 0.25) is 0 Å². The minimum atomic E-state index is -3.85. The van der Waals surface area contributed by atoms with Crippen molar-refractivity contribution in [2.75, 3.05) is 20.3 Å². The monoisotopic (exact) mass is 290 g/mol. The van der Waals surface area contributed by atoms with E-state index >= 15 is 0 Å². The molecule has 0 unspecified atom stereocenters. The first kappa shape index (κ1) is 15.7. The standard InChI is InChI=1S/C11H18N2O5S/c1-8(2)13-7-9(19(12,15)16)6-10(13)11(14)18-5-4-17-3/h6-8H,4-5H2,1-3H3,(H2,12,15,16). The SMILES string of the molecule is COCCOC(=O)c1cc(S(N)(=O)=O)cn1C(C)C. The zero-order valence-corrected chi connectivity index (χ0v) is 11.9. The lowest BCUT2D eigenvalue weighted by molar-refractivity contribution is 0.0375. The van der Waals surface area contributed by atoms with Crippen LogP contribution in [0.5, 0.6) is 0 Å². The molecule has 0 saturated heterocycles. The van der Waals surface area contributed by atoms with Crippen molar-refractivity contribution < 1.29 is 22.7 Å². The normalized spacial score (nSPS) is 11.8. The summed E-state index contributed by atoms with van der Waals surface area (Å²) < 4.78 is 33.8. The molecule has 0 atom stereocenters. The fourth-order valence-corrected chi connectivity index (χ4v) is 2.03. The van der Waals surface area contributed by atoms with Crippen LogP contribution in [0.15, 0.2) is 17.2 Å². The summed E-state index contributed by atoms with van der Waals surface area (Å²) in [4.78, 5) is 11.7. The van der Waals surface area contributed by atoms with Gasteiger partial charge in [-0.2, -0.15) is 0 Å². The quantitative estimate of drug-likeness (QED) is 0.608. The number of sulfonamides is 1. The average Bonchev–Trinajstić information content (AvgIpc) is 2.73. The second kappa shape index (κ2) is 6.18. The van der Waals surface area contributed by atoms with Crippen LogP contribution < -0.4 is 5.14 Å². The van der Waals surface area contributed by atoms with Crippen LogP contribution in [-0.2, 0) is 19.5 Å². The molecule has 1 heterocycles. The van der Waals surface area contributed by atoms with Crippen molar-refractivity contribution in [2.24, 2.45) is 5.14 Å². The van der Waals surface area contributed by atoms with Gasteiger partial charge in [0, 0.05) is 19.3 Å². The van der Waals surface area contributed by atoms with Crippen molar-refractivity contribution in [3.63, 3.8) is 0 Å². The second-order valence-electron chi connectivity index (χ2n) is 4.24. The van der Waals surface area contributed by atoms with Crippen LogP contribution in [0.25, 0.3) is 0 Å². The molecule has 0 aromatic carbocycles. The number of methoxy groups -OCH3 is 1. The van der Waals surface area contributed by atoms with E-state index in [9.17, 15) is 13.2 Å². The molecule has 0 bridgehead atoms. The van der Waals surface area contributed by atoms with Gasteiger partial charge >= 0.3 is 5.97 Å². The van der Waals surface area contributed by atoms with Crippen molar-refractivity contribution in [2.45, 2.75) is 24.8 Å². The predicted molar refractivity (Wildman–Crippen MR) is 68.3 cm³/mol. The molecule has 0 amide bonds. The van der Waals surface area contributed by atoms with Crippen LogP contribution in [0.4, 0.5) is 0 Å². The van der Waals surface area contributed by atoms with Gasteiger partial charge in [-0.15, -0.1) is 0 Å². The van der Waals surface area contributed by atoms with Gasteiger partial charge in [-0.05, 0) is 19.9 Å². The number of carbonyl (C=O) groups excluding carboxylic acids is 1. The molecule has 19 heavy (non-hydrogen) atoms. The lowest BCUT2D eigenvalue weighted by atomic mass is 10.3. The first-order valence-electron chi connectivity index (χ1n) is 5.68. The smallest absolute Gasteiger partial charge is 0.355 e. The number of esters is 1. The lowest BCUT2D eigenvalue weighted by Gasteiger charge is -2.11. The largest absolute Gasteiger partial charge is 0.459 e. The molecule has 108 valence electrons. The van der Waals surface area contributed by atoms with Crippen LogP contribution in [0.1, 0.15) is 30.4 Å². The highest BCUT2D eigenvalue weighted by molar-refractivity contribution is 7.89. The third-order valence-electron chi connectivity index (χ3n) is 2.44. The molecule has 8 heteroatoms. The Morgan fingerprint density at radius 1 is 1.42 bits per heavy atom. The molecule has 0 radical (unpaired) electrons. The van der Waals surface area contributed by atoms with Gasteiger partial charge in [-0.3, -0.25) is 0 Å². The molecular weight excluding hydrogens is 272 g/mol. The maximum absolute atomic E-state index is 11.9. The zero-order chi connectivity index (χ0) is 14.6. The van der Waals surface area contributed by atoms with E-state index in [0.29, 0.717) is 0 Å². The summed E-state index contributed by atoms with van der Waals surface area (Å²) in [6.45, 7) is 4.01. The Morgan fingerprint density at radius 3 is 2.53 bits per heavy atom. The summed E-state index contributed by atoms with van der Waals surface area (Å²) in [6, 6.07) is 1.12. The molecule has 1 rings (SSSR count). The minimum absolute atomic E-state index is 0.0968. The molecule has 0 saturated carbocycles. The highest BCUT2D eigenvalue weighted by Gasteiger charge is 2.21. The Morgan fingerprint density at radius 2 is 2.05 bits per heavy atom. The Bertz CT molecular complexity index is 547. The number of nitrogens with zero attached hydrogens (tertiary/aromatic N) is 1. The molecule has 0 aliphatic carbocycles. The van der Waals surface area contributed by atoms with E-state index in [1.807, 2.05) is 13.8 Å². The van der Waals surface area contributed by atoms with E-state index < -0.39 is 16.0 Å². The second-order valence-corrected chi connectivity index (χ2v) is 5.80. The zero-order valence-electron chi connectivity index (χ0n) is 11.1. The van der Waals surface area contributed by atoms with Gasteiger partial charge in [0.15, 0.2) is 0 Å². The highest BCUT2D eigenvalue weighted by atomic mass is 32.2. The fraction of sp³-hybridized carbons (Fsp3) is 0.545.